The Labute approximate surface area is 111 Å². The Morgan fingerprint density at radius 3 is 2.58 bits per heavy atom. The van der Waals surface area contributed by atoms with Gasteiger partial charge in [0.1, 0.15) is 0 Å². The van der Waals surface area contributed by atoms with E-state index in [9.17, 15) is 15.0 Å². The van der Waals surface area contributed by atoms with Gasteiger partial charge >= 0.3 is 5.97 Å². The van der Waals surface area contributed by atoms with Crippen molar-refractivity contribution in [2.75, 3.05) is 0 Å². The van der Waals surface area contributed by atoms with Gasteiger partial charge in [-0.1, -0.05) is 36.4 Å². The number of rotatable bonds is 4. The molecule has 0 heterocycles. The molecule has 0 unspecified atom stereocenters. The Kier molecular flexibility index (Phi) is 4.31. The highest BCUT2D eigenvalue weighted by Gasteiger charge is 2.32. The molecule has 0 spiro atoms. The van der Waals surface area contributed by atoms with Gasteiger partial charge in [0.25, 0.3) is 0 Å². The Bertz CT molecular complexity index is 472. The van der Waals surface area contributed by atoms with Gasteiger partial charge in [-0.3, -0.25) is 0 Å². The third-order valence-corrected chi connectivity index (χ3v) is 3.23. The molecule has 1 aliphatic carbocycles. The molecule has 0 bridgehead atoms. The van der Waals surface area contributed by atoms with Crippen molar-refractivity contribution < 1.29 is 20.1 Å². The van der Waals surface area contributed by atoms with Crippen molar-refractivity contribution in [2.24, 2.45) is 0 Å². The monoisotopic (exact) mass is 263 g/mol. The van der Waals surface area contributed by atoms with Gasteiger partial charge in [0.15, 0.2) is 0 Å². The van der Waals surface area contributed by atoms with E-state index in [4.69, 9.17) is 5.11 Å². The van der Waals surface area contributed by atoms with Crippen LogP contribution in [0.4, 0.5) is 0 Å². The number of hydrogen-bond donors (Lipinski definition) is 4. The fourth-order valence-corrected chi connectivity index (χ4v) is 2.14. The first-order chi connectivity index (χ1) is 9.08. The van der Waals surface area contributed by atoms with E-state index in [1.54, 1.807) is 0 Å². The van der Waals surface area contributed by atoms with Crippen LogP contribution < -0.4 is 5.32 Å². The molecule has 19 heavy (non-hydrogen) atoms. The smallest absolute Gasteiger partial charge is 0.331 e. The average Bonchev–Trinajstić information content (AvgIpc) is 2.41. The van der Waals surface area contributed by atoms with Crippen LogP contribution in [0, 0.1) is 0 Å². The molecule has 3 atom stereocenters. The number of aliphatic hydroxyl groups is 2. The van der Waals surface area contributed by atoms with Gasteiger partial charge in [-0.2, -0.15) is 0 Å². The van der Waals surface area contributed by atoms with E-state index in [-0.39, 0.29) is 12.0 Å². The molecule has 1 aromatic carbocycles. The van der Waals surface area contributed by atoms with Crippen LogP contribution in [0.5, 0.6) is 0 Å². The summed E-state index contributed by atoms with van der Waals surface area (Å²) in [5, 5.41) is 31.5. The Balaban J connectivity index is 2.05. The minimum absolute atomic E-state index is 0.0278. The number of aliphatic hydroxyl groups excluding tert-OH is 2. The number of benzene rings is 1. The Morgan fingerprint density at radius 1 is 1.26 bits per heavy atom. The Morgan fingerprint density at radius 2 is 1.95 bits per heavy atom. The van der Waals surface area contributed by atoms with Gasteiger partial charge in [0.05, 0.1) is 18.2 Å². The molecule has 0 saturated carbocycles. The fraction of sp³-hybridized carbons (Fsp3) is 0.357. The van der Waals surface area contributed by atoms with E-state index in [0.29, 0.717) is 6.54 Å². The summed E-state index contributed by atoms with van der Waals surface area (Å²) in [7, 11) is 0. The highest BCUT2D eigenvalue weighted by atomic mass is 16.4. The van der Waals surface area contributed by atoms with Crippen LogP contribution >= 0.6 is 0 Å². The van der Waals surface area contributed by atoms with E-state index < -0.39 is 24.2 Å². The molecule has 1 aromatic rings. The largest absolute Gasteiger partial charge is 0.478 e. The number of carboxylic acid groups (broad SMARTS) is 1. The first-order valence-electron chi connectivity index (χ1n) is 6.15. The first-order valence-corrected chi connectivity index (χ1v) is 6.15. The van der Waals surface area contributed by atoms with Crippen LogP contribution in [0.2, 0.25) is 0 Å². The van der Waals surface area contributed by atoms with Gasteiger partial charge in [0.2, 0.25) is 0 Å². The summed E-state index contributed by atoms with van der Waals surface area (Å²) in [5.41, 5.74) is 1.16. The van der Waals surface area contributed by atoms with Crippen LogP contribution in [-0.4, -0.2) is 39.5 Å². The molecule has 0 radical (unpaired) electrons. The normalized spacial score (nSPS) is 26.8. The first kappa shape index (κ1) is 13.7. The highest BCUT2D eigenvalue weighted by Crippen LogP contribution is 2.20. The predicted molar refractivity (Wildman–Crippen MR) is 69.4 cm³/mol. The summed E-state index contributed by atoms with van der Waals surface area (Å²) in [6, 6.07) is 9.02. The lowest BCUT2D eigenvalue weighted by molar-refractivity contribution is -0.133. The molecule has 0 aromatic heterocycles. The van der Waals surface area contributed by atoms with E-state index in [0.717, 1.165) is 5.56 Å². The molecule has 5 nitrogen and oxygen atoms in total. The average molecular weight is 263 g/mol. The maximum absolute atomic E-state index is 10.9. The summed E-state index contributed by atoms with van der Waals surface area (Å²) in [6.45, 7) is 0.499. The van der Waals surface area contributed by atoms with Crippen LogP contribution in [0.1, 0.15) is 12.0 Å². The standard InChI is InChI=1S/C14H17NO4/c16-12-7-10(14(18)19)6-11(13(12)17)15-8-9-4-2-1-3-5-9/h1-6,11-13,15-17H,7-8H2,(H,18,19)/t11-,12-,13+/m1/s1. The van der Waals surface area contributed by atoms with Crippen molar-refractivity contribution in [1.29, 1.82) is 0 Å². The van der Waals surface area contributed by atoms with Gasteiger partial charge in [0, 0.05) is 18.5 Å². The van der Waals surface area contributed by atoms with Crippen LogP contribution in [-0.2, 0) is 11.3 Å². The topological polar surface area (TPSA) is 89.8 Å². The van der Waals surface area contributed by atoms with Crippen LogP contribution in [0.25, 0.3) is 0 Å². The molecular formula is C14H17NO4. The molecule has 0 aliphatic heterocycles. The van der Waals surface area contributed by atoms with E-state index in [1.165, 1.54) is 6.08 Å². The van der Waals surface area contributed by atoms with Gasteiger partial charge in [-0.25, -0.2) is 4.79 Å². The zero-order valence-corrected chi connectivity index (χ0v) is 10.4. The van der Waals surface area contributed by atoms with Crippen molar-refractivity contribution in [2.45, 2.75) is 31.2 Å². The number of hydrogen-bond acceptors (Lipinski definition) is 4. The molecule has 102 valence electrons. The minimum Gasteiger partial charge on any atom is -0.478 e. The molecular weight excluding hydrogens is 246 g/mol. The predicted octanol–water partition coefficient (Wildman–Crippen LogP) is 0.281. The molecule has 2 rings (SSSR count). The summed E-state index contributed by atoms with van der Waals surface area (Å²) in [4.78, 5) is 10.9. The van der Waals surface area contributed by atoms with Crippen molar-refractivity contribution in [3.05, 3.63) is 47.5 Å². The number of nitrogens with one attached hydrogen (secondary N) is 1. The molecule has 1 aliphatic rings. The SMILES string of the molecule is O=C(O)C1=C[C@@H](NCc2ccccc2)[C@H](O)[C@H](O)C1. The van der Waals surface area contributed by atoms with Crippen molar-refractivity contribution in [3.63, 3.8) is 0 Å². The quantitative estimate of drug-likeness (QED) is 0.626. The lowest BCUT2D eigenvalue weighted by atomic mass is 9.90. The maximum atomic E-state index is 10.9. The van der Waals surface area contributed by atoms with E-state index in [2.05, 4.69) is 5.32 Å². The van der Waals surface area contributed by atoms with Crippen molar-refractivity contribution in [3.8, 4) is 0 Å². The van der Waals surface area contributed by atoms with Crippen LogP contribution in [0.3, 0.4) is 0 Å². The van der Waals surface area contributed by atoms with Gasteiger partial charge in [-0.15, -0.1) is 0 Å². The molecule has 0 saturated heterocycles. The third kappa shape index (κ3) is 3.41. The lowest BCUT2D eigenvalue weighted by Gasteiger charge is -2.30. The zero-order valence-electron chi connectivity index (χ0n) is 10.4. The van der Waals surface area contributed by atoms with E-state index in [1.807, 2.05) is 30.3 Å². The minimum atomic E-state index is -1.06. The van der Waals surface area contributed by atoms with Crippen LogP contribution in [0.15, 0.2) is 42.0 Å². The van der Waals surface area contributed by atoms with E-state index >= 15 is 0 Å². The summed E-state index contributed by atoms with van der Waals surface area (Å²) < 4.78 is 0. The summed E-state index contributed by atoms with van der Waals surface area (Å²) in [6.07, 6.45) is -0.598. The number of carbonyl (C=O) groups is 1. The lowest BCUT2D eigenvalue weighted by Crippen LogP contribution is -2.48. The second kappa shape index (κ2) is 5.97. The second-order valence-corrected chi connectivity index (χ2v) is 4.65. The van der Waals surface area contributed by atoms with Crippen molar-refractivity contribution in [1.82, 2.24) is 5.32 Å². The van der Waals surface area contributed by atoms with Crippen molar-refractivity contribution >= 4 is 5.97 Å². The summed E-state index contributed by atoms with van der Waals surface area (Å²) >= 11 is 0. The molecule has 4 N–H and O–H groups in total. The highest BCUT2D eigenvalue weighted by molar-refractivity contribution is 5.87. The molecule has 0 amide bonds. The third-order valence-electron chi connectivity index (χ3n) is 3.23. The zero-order chi connectivity index (χ0) is 13.8. The Hall–Kier alpha value is -1.69. The number of aliphatic carboxylic acids is 1. The molecule has 5 heteroatoms. The summed E-state index contributed by atoms with van der Waals surface area (Å²) in [5.74, 6) is -1.06. The fourth-order valence-electron chi connectivity index (χ4n) is 2.14. The molecule has 0 fully saturated rings. The number of carboxylic acids is 1. The van der Waals surface area contributed by atoms with Gasteiger partial charge in [-0.05, 0) is 5.56 Å². The second-order valence-electron chi connectivity index (χ2n) is 4.65. The maximum Gasteiger partial charge on any atom is 0.331 e. The van der Waals surface area contributed by atoms with Gasteiger partial charge < -0.3 is 20.6 Å².